The minimum Gasteiger partial charge on any atom is -0.464 e. The summed E-state index contributed by atoms with van der Waals surface area (Å²) in [6.45, 7) is 1.60. The van der Waals surface area contributed by atoms with Crippen LogP contribution >= 0.6 is 0 Å². The predicted octanol–water partition coefficient (Wildman–Crippen LogP) is 2.52. The largest absolute Gasteiger partial charge is 0.464 e. The van der Waals surface area contributed by atoms with E-state index in [2.05, 4.69) is 4.90 Å². The molecule has 2 heterocycles. The fourth-order valence-electron chi connectivity index (χ4n) is 2.90. The van der Waals surface area contributed by atoms with Gasteiger partial charge < -0.3 is 10.2 Å². The third-order valence-corrected chi connectivity index (χ3v) is 3.90. The summed E-state index contributed by atoms with van der Waals surface area (Å²) in [5.41, 5.74) is 7.07. The van der Waals surface area contributed by atoms with Crippen LogP contribution in [-0.2, 0) is 0 Å². The Labute approximate surface area is 105 Å². The molecule has 2 unspecified atom stereocenters. The maximum Gasteiger partial charge on any atom is 0.136 e. The molecule has 1 fully saturated rings. The van der Waals surface area contributed by atoms with Crippen LogP contribution in [0.4, 0.5) is 4.39 Å². The van der Waals surface area contributed by atoms with Crippen LogP contribution in [0.1, 0.15) is 18.0 Å². The molecule has 0 saturated carbocycles. The number of rotatable bonds is 2. The average molecular weight is 248 g/mol. The zero-order valence-corrected chi connectivity index (χ0v) is 10.4. The molecule has 1 saturated heterocycles. The van der Waals surface area contributed by atoms with Crippen molar-refractivity contribution in [2.45, 2.75) is 12.5 Å². The molecule has 3 rings (SSSR count). The van der Waals surface area contributed by atoms with Gasteiger partial charge >= 0.3 is 0 Å². The van der Waals surface area contributed by atoms with Crippen molar-refractivity contribution in [3.63, 3.8) is 0 Å². The fourth-order valence-corrected chi connectivity index (χ4v) is 2.90. The van der Waals surface area contributed by atoms with Crippen molar-refractivity contribution in [3.05, 3.63) is 35.8 Å². The van der Waals surface area contributed by atoms with Gasteiger partial charge in [0.1, 0.15) is 11.4 Å². The molecule has 3 nitrogen and oxygen atoms in total. The van der Waals surface area contributed by atoms with Gasteiger partial charge in [0, 0.05) is 29.6 Å². The van der Waals surface area contributed by atoms with Crippen LogP contribution in [-0.4, -0.2) is 25.0 Å². The number of hydrogen-bond acceptors (Lipinski definition) is 3. The van der Waals surface area contributed by atoms with Crippen molar-refractivity contribution in [3.8, 4) is 0 Å². The summed E-state index contributed by atoms with van der Waals surface area (Å²) in [6.07, 6.45) is 2.52. The second-order valence-electron chi connectivity index (χ2n) is 5.12. The highest BCUT2D eigenvalue weighted by molar-refractivity contribution is 5.78. The second-order valence-corrected chi connectivity index (χ2v) is 5.12. The van der Waals surface area contributed by atoms with Crippen LogP contribution in [0.3, 0.4) is 0 Å². The zero-order valence-electron chi connectivity index (χ0n) is 10.4. The molecule has 2 N–H and O–H groups in total. The first kappa shape index (κ1) is 11.7. The molecule has 1 aliphatic heterocycles. The summed E-state index contributed by atoms with van der Waals surface area (Å²) < 4.78 is 19.3. The van der Waals surface area contributed by atoms with E-state index in [1.165, 1.54) is 6.07 Å². The average Bonchev–Trinajstić information content (AvgIpc) is 2.93. The Morgan fingerprint density at radius 1 is 1.50 bits per heavy atom. The molecule has 1 aliphatic rings. The molecule has 2 aromatic rings. The van der Waals surface area contributed by atoms with Crippen LogP contribution in [0, 0.1) is 11.7 Å². The second kappa shape index (κ2) is 4.37. The standard InChI is InChI=1S/C14H17FN2O/c1-17-8-9(7-16)4-13(17)11-5-10-2-3-18-14(10)6-12(11)15/h2-3,5-6,9,13H,4,7-8,16H2,1H3. The molecule has 1 aromatic carbocycles. The van der Waals surface area contributed by atoms with E-state index in [0.29, 0.717) is 18.0 Å². The molecule has 0 amide bonds. The topological polar surface area (TPSA) is 42.4 Å². The first-order valence-corrected chi connectivity index (χ1v) is 6.26. The maximum atomic E-state index is 14.1. The zero-order chi connectivity index (χ0) is 12.7. The molecule has 2 atom stereocenters. The molecule has 4 heteroatoms. The summed E-state index contributed by atoms with van der Waals surface area (Å²) in [4.78, 5) is 2.18. The normalized spacial score (nSPS) is 25.1. The lowest BCUT2D eigenvalue weighted by molar-refractivity contribution is 0.307. The maximum absolute atomic E-state index is 14.1. The van der Waals surface area contributed by atoms with Gasteiger partial charge in [0.2, 0.25) is 0 Å². The number of hydrogen-bond donors (Lipinski definition) is 1. The Morgan fingerprint density at radius 2 is 2.33 bits per heavy atom. The lowest BCUT2D eigenvalue weighted by Gasteiger charge is -2.20. The van der Waals surface area contributed by atoms with Gasteiger partial charge in [-0.1, -0.05) is 0 Å². The fraction of sp³-hybridized carbons (Fsp3) is 0.429. The molecule has 0 aliphatic carbocycles. The Balaban J connectivity index is 2.00. The van der Waals surface area contributed by atoms with Gasteiger partial charge in [0.05, 0.1) is 6.26 Å². The van der Waals surface area contributed by atoms with Gasteiger partial charge in [0.25, 0.3) is 0 Å². The Kier molecular flexibility index (Phi) is 2.84. The minimum atomic E-state index is -0.188. The highest BCUT2D eigenvalue weighted by Gasteiger charge is 2.31. The summed E-state index contributed by atoms with van der Waals surface area (Å²) in [7, 11) is 2.03. The minimum absolute atomic E-state index is 0.123. The van der Waals surface area contributed by atoms with Gasteiger partial charge in [-0.3, -0.25) is 4.90 Å². The van der Waals surface area contributed by atoms with Gasteiger partial charge in [0.15, 0.2) is 0 Å². The van der Waals surface area contributed by atoms with Crippen LogP contribution in [0.5, 0.6) is 0 Å². The number of likely N-dealkylation sites (tertiary alicyclic amines) is 1. The van der Waals surface area contributed by atoms with Gasteiger partial charge in [-0.05, 0) is 38.1 Å². The monoisotopic (exact) mass is 248 g/mol. The van der Waals surface area contributed by atoms with Crippen molar-refractivity contribution in [1.82, 2.24) is 4.90 Å². The summed E-state index contributed by atoms with van der Waals surface area (Å²) >= 11 is 0. The molecule has 96 valence electrons. The SMILES string of the molecule is CN1CC(CN)CC1c1cc2ccoc2cc1F. The molecule has 0 radical (unpaired) electrons. The van der Waals surface area contributed by atoms with Crippen LogP contribution < -0.4 is 5.73 Å². The molecule has 1 aromatic heterocycles. The number of benzene rings is 1. The summed E-state index contributed by atoms with van der Waals surface area (Å²) in [6, 6.07) is 5.37. The molecule has 18 heavy (non-hydrogen) atoms. The number of nitrogens with zero attached hydrogens (tertiary/aromatic N) is 1. The van der Waals surface area contributed by atoms with Crippen molar-refractivity contribution < 1.29 is 8.81 Å². The Hall–Kier alpha value is -1.39. The van der Waals surface area contributed by atoms with Crippen LogP contribution in [0.15, 0.2) is 28.9 Å². The van der Waals surface area contributed by atoms with Crippen LogP contribution in [0.25, 0.3) is 11.0 Å². The Morgan fingerprint density at radius 3 is 3.06 bits per heavy atom. The van der Waals surface area contributed by atoms with Crippen molar-refractivity contribution >= 4 is 11.0 Å². The Bertz CT molecular complexity index is 566. The first-order valence-electron chi connectivity index (χ1n) is 6.26. The van der Waals surface area contributed by atoms with Crippen molar-refractivity contribution in [1.29, 1.82) is 0 Å². The number of halogens is 1. The van der Waals surface area contributed by atoms with E-state index in [9.17, 15) is 4.39 Å². The molecule has 0 spiro atoms. The van der Waals surface area contributed by atoms with Crippen molar-refractivity contribution in [2.24, 2.45) is 11.7 Å². The van der Waals surface area contributed by atoms with E-state index in [0.717, 1.165) is 23.9 Å². The summed E-state index contributed by atoms with van der Waals surface area (Å²) in [5, 5.41) is 0.955. The third kappa shape index (κ3) is 1.82. The van der Waals surface area contributed by atoms with E-state index in [1.807, 2.05) is 19.2 Å². The van der Waals surface area contributed by atoms with Crippen LogP contribution in [0.2, 0.25) is 0 Å². The molecule has 0 bridgehead atoms. The van der Waals surface area contributed by atoms with E-state index in [4.69, 9.17) is 10.2 Å². The number of fused-ring (bicyclic) bond motifs is 1. The number of nitrogens with two attached hydrogens (primary N) is 1. The van der Waals surface area contributed by atoms with Gasteiger partial charge in [-0.25, -0.2) is 4.39 Å². The highest BCUT2D eigenvalue weighted by atomic mass is 19.1. The number of furan rings is 1. The lowest BCUT2D eigenvalue weighted by Crippen LogP contribution is -2.21. The van der Waals surface area contributed by atoms with Gasteiger partial charge in [-0.2, -0.15) is 0 Å². The summed E-state index contributed by atoms with van der Waals surface area (Å²) in [5.74, 6) is 0.270. The highest BCUT2D eigenvalue weighted by Crippen LogP contribution is 2.36. The molecular weight excluding hydrogens is 231 g/mol. The van der Waals surface area contributed by atoms with Gasteiger partial charge in [-0.15, -0.1) is 0 Å². The molecular formula is C14H17FN2O. The van der Waals surface area contributed by atoms with E-state index in [-0.39, 0.29) is 11.9 Å². The quantitative estimate of drug-likeness (QED) is 0.888. The predicted molar refractivity (Wildman–Crippen MR) is 68.7 cm³/mol. The third-order valence-electron chi connectivity index (χ3n) is 3.90. The van der Waals surface area contributed by atoms with E-state index in [1.54, 1.807) is 6.26 Å². The van der Waals surface area contributed by atoms with E-state index >= 15 is 0 Å². The first-order chi connectivity index (χ1) is 8.69. The van der Waals surface area contributed by atoms with Crippen molar-refractivity contribution in [2.75, 3.05) is 20.1 Å². The smallest absolute Gasteiger partial charge is 0.136 e. The van der Waals surface area contributed by atoms with E-state index < -0.39 is 0 Å². The lowest BCUT2D eigenvalue weighted by atomic mass is 9.98.